The Kier molecular flexibility index (Phi) is 4.42. The van der Waals surface area contributed by atoms with Gasteiger partial charge in [-0.3, -0.25) is 4.79 Å². The number of primary amides is 1. The molecule has 0 saturated carbocycles. The smallest absolute Gasteiger partial charge is 0.217 e. The number of para-hydroxylation sites is 1. The molecule has 0 fully saturated rings. The third kappa shape index (κ3) is 4.00. The topological polar surface area (TPSA) is 52.3 Å². The van der Waals surface area contributed by atoms with Crippen molar-refractivity contribution >= 4 is 17.5 Å². The number of nitrogens with two attached hydrogens (primary N) is 1. The summed E-state index contributed by atoms with van der Waals surface area (Å²) in [7, 11) is 0. The van der Waals surface area contributed by atoms with Gasteiger partial charge in [0.25, 0.3) is 0 Å². The number of hydrogen-bond acceptors (Lipinski definition) is 2. The predicted molar refractivity (Wildman–Crippen MR) is 75.5 cm³/mol. The van der Waals surface area contributed by atoms with Gasteiger partial charge < -0.3 is 10.5 Å². The van der Waals surface area contributed by atoms with Gasteiger partial charge in [0, 0.05) is 6.42 Å². The van der Waals surface area contributed by atoms with E-state index in [0.717, 1.165) is 11.3 Å². The number of ether oxygens (including phenoxy) is 1. The number of carbonyl (C=O) groups is 1. The second-order valence-corrected chi connectivity index (χ2v) is 4.55. The Balaban J connectivity index is 2.09. The van der Waals surface area contributed by atoms with Gasteiger partial charge in [0.1, 0.15) is 11.5 Å². The molecule has 2 rings (SSSR count). The Labute approximate surface area is 117 Å². The standard InChI is InChI=1S/C15H14ClNO2/c16-13-10-11(7-9-15(17)18)6-8-14(13)19-12-4-2-1-3-5-12/h1-6,8,10H,7,9H2,(H2,17,18). The summed E-state index contributed by atoms with van der Waals surface area (Å²) in [5, 5.41) is 0.519. The molecule has 98 valence electrons. The molecule has 0 aliphatic rings. The minimum Gasteiger partial charge on any atom is -0.456 e. The lowest BCUT2D eigenvalue weighted by Crippen LogP contribution is -2.11. The Bertz CT molecular complexity index is 570. The quantitative estimate of drug-likeness (QED) is 0.907. The summed E-state index contributed by atoms with van der Waals surface area (Å²) in [4.78, 5) is 10.7. The maximum absolute atomic E-state index is 10.7. The van der Waals surface area contributed by atoms with Crippen molar-refractivity contribution in [2.45, 2.75) is 12.8 Å². The number of rotatable bonds is 5. The summed E-state index contributed by atoms with van der Waals surface area (Å²) >= 11 is 6.15. The fourth-order valence-electron chi connectivity index (χ4n) is 1.67. The van der Waals surface area contributed by atoms with Gasteiger partial charge in [0.05, 0.1) is 5.02 Å². The van der Waals surface area contributed by atoms with E-state index in [1.165, 1.54) is 0 Å². The summed E-state index contributed by atoms with van der Waals surface area (Å²) in [5.41, 5.74) is 6.08. The predicted octanol–water partition coefficient (Wildman–Crippen LogP) is 3.55. The van der Waals surface area contributed by atoms with Crippen LogP contribution in [-0.4, -0.2) is 5.91 Å². The third-order valence-electron chi connectivity index (χ3n) is 2.63. The lowest BCUT2D eigenvalue weighted by Gasteiger charge is -2.08. The van der Waals surface area contributed by atoms with E-state index in [1.807, 2.05) is 36.4 Å². The fourth-order valence-corrected chi connectivity index (χ4v) is 1.91. The van der Waals surface area contributed by atoms with Crippen LogP contribution in [0.15, 0.2) is 48.5 Å². The van der Waals surface area contributed by atoms with Crippen LogP contribution in [0.5, 0.6) is 11.5 Å². The van der Waals surface area contributed by atoms with Crippen LogP contribution < -0.4 is 10.5 Å². The summed E-state index contributed by atoms with van der Waals surface area (Å²) in [6, 6.07) is 14.9. The van der Waals surface area contributed by atoms with E-state index in [4.69, 9.17) is 22.1 Å². The zero-order valence-corrected chi connectivity index (χ0v) is 11.1. The molecule has 2 N–H and O–H groups in total. The largest absolute Gasteiger partial charge is 0.456 e. The first-order valence-corrected chi connectivity index (χ1v) is 6.32. The summed E-state index contributed by atoms with van der Waals surface area (Å²) < 4.78 is 5.67. The molecule has 0 aliphatic carbocycles. The zero-order valence-electron chi connectivity index (χ0n) is 10.3. The van der Waals surface area contributed by atoms with Crippen LogP contribution in [0.1, 0.15) is 12.0 Å². The van der Waals surface area contributed by atoms with E-state index < -0.39 is 0 Å². The monoisotopic (exact) mass is 275 g/mol. The van der Waals surface area contributed by atoms with E-state index in [-0.39, 0.29) is 5.91 Å². The first-order valence-electron chi connectivity index (χ1n) is 5.95. The van der Waals surface area contributed by atoms with E-state index in [1.54, 1.807) is 12.1 Å². The van der Waals surface area contributed by atoms with Gasteiger partial charge >= 0.3 is 0 Å². The van der Waals surface area contributed by atoms with Crippen molar-refractivity contribution in [3.8, 4) is 11.5 Å². The number of amides is 1. The summed E-state index contributed by atoms with van der Waals surface area (Å²) in [6.45, 7) is 0. The molecule has 0 saturated heterocycles. The molecular weight excluding hydrogens is 262 g/mol. The highest BCUT2D eigenvalue weighted by Crippen LogP contribution is 2.30. The molecule has 2 aromatic carbocycles. The van der Waals surface area contributed by atoms with Gasteiger partial charge in [-0.25, -0.2) is 0 Å². The Morgan fingerprint density at radius 3 is 2.53 bits per heavy atom. The highest BCUT2D eigenvalue weighted by atomic mass is 35.5. The molecule has 19 heavy (non-hydrogen) atoms. The lowest BCUT2D eigenvalue weighted by atomic mass is 10.1. The van der Waals surface area contributed by atoms with Crippen molar-refractivity contribution in [3.63, 3.8) is 0 Å². The van der Waals surface area contributed by atoms with Gasteiger partial charge in [-0.05, 0) is 36.2 Å². The Morgan fingerprint density at radius 1 is 1.16 bits per heavy atom. The van der Waals surface area contributed by atoms with Gasteiger partial charge in [0.2, 0.25) is 5.91 Å². The number of halogens is 1. The third-order valence-corrected chi connectivity index (χ3v) is 2.92. The van der Waals surface area contributed by atoms with Crippen LogP contribution in [0.25, 0.3) is 0 Å². The molecule has 0 bridgehead atoms. The number of benzene rings is 2. The van der Waals surface area contributed by atoms with Gasteiger partial charge in [-0.15, -0.1) is 0 Å². The molecule has 0 radical (unpaired) electrons. The number of hydrogen-bond donors (Lipinski definition) is 1. The van der Waals surface area contributed by atoms with Gasteiger partial charge in [-0.1, -0.05) is 35.9 Å². The van der Waals surface area contributed by atoms with Crippen LogP contribution in [0.3, 0.4) is 0 Å². The average Bonchev–Trinajstić information content (AvgIpc) is 2.40. The summed E-state index contributed by atoms with van der Waals surface area (Å²) in [5.74, 6) is 1.01. The van der Waals surface area contributed by atoms with Crippen molar-refractivity contribution in [3.05, 3.63) is 59.1 Å². The van der Waals surface area contributed by atoms with Crippen LogP contribution in [0.4, 0.5) is 0 Å². The van der Waals surface area contributed by atoms with Crippen LogP contribution in [0.2, 0.25) is 5.02 Å². The van der Waals surface area contributed by atoms with E-state index in [9.17, 15) is 4.79 Å². The molecule has 0 atom stereocenters. The second kappa shape index (κ2) is 6.25. The first kappa shape index (κ1) is 13.4. The maximum Gasteiger partial charge on any atom is 0.217 e. The van der Waals surface area contributed by atoms with Crippen LogP contribution >= 0.6 is 11.6 Å². The second-order valence-electron chi connectivity index (χ2n) is 4.15. The van der Waals surface area contributed by atoms with E-state index in [0.29, 0.717) is 23.6 Å². The molecular formula is C15H14ClNO2. The van der Waals surface area contributed by atoms with Crippen molar-refractivity contribution in [1.82, 2.24) is 0 Å². The maximum atomic E-state index is 10.7. The Hall–Kier alpha value is -2.00. The normalized spacial score (nSPS) is 10.2. The number of carbonyl (C=O) groups excluding carboxylic acids is 1. The molecule has 0 unspecified atom stereocenters. The van der Waals surface area contributed by atoms with Crippen molar-refractivity contribution in [1.29, 1.82) is 0 Å². The molecule has 1 amide bonds. The molecule has 0 aliphatic heterocycles. The van der Waals surface area contributed by atoms with Gasteiger partial charge in [0.15, 0.2) is 0 Å². The lowest BCUT2D eigenvalue weighted by molar-refractivity contribution is -0.117. The fraction of sp³-hybridized carbons (Fsp3) is 0.133. The Morgan fingerprint density at radius 2 is 1.89 bits per heavy atom. The molecule has 4 heteroatoms. The summed E-state index contributed by atoms with van der Waals surface area (Å²) in [6.07, 6.45) is 0.899. The minimum absolute atomic E-state index is 0.315. The average molecular weight is 276 g/mol. The molecule has 0 heterocycles. The highest BCUT2D eigenvalue weighted by molar-refractivity contribution is 6.32. The van der Waals surface area contributed by atoms with Crippen molar-refractivity contribution < 1.29 is 9.53 Å². The van der Waals surface area contributed by atoms with Crippen molar-refractivity contribution in [2.24, 2.45) is 5.73 Å². The first-order chi connectivity index (χ1) is 9.15. The number of aryl methyl sites for hydroxylation is 1. The van der Waals surface area contributed by atoms with Gasteiger partial charge in [-0.2, -0.15) is 0 Å². The molecule has 2 aromatic rings. The van der Waals surface area contributed by atoms with E-state index in [2.05, 4.69) is 0 Å². The molecule has 3 nitrogen and oxygen atoms in total. The van der Waals surface area contributed by atoms with Crippen LogP contribution in [-0.2, 0) is 11.2 Å². The SMILES string of the molecule is NC(=O)CCc1ccc(Oc2ccccc2)c(Cl)c1. The van der Waals surface area contributed by atoms with Crippen molar-refractivity contribution in [2.75, 3.05) is 0 Å². The molecule has 0 aromatic heterocycles. The van der Waals surface area contributed by atoms with Crippen LogP contribution in [0, 0.1) is 0 Å². The highest BCUT2D eigenvalue weighted by Gasteiger charge is 2.05. The minimum atomic E-state index is -0.319. The van der Waals surface area contributed by atoms with E-state index >= 15 is 0 Å². The zero-order chi connectivity index (χ0) is 13.7. The molecule has 0 spiro atoms.